The van der Waals surface area contributed by atoms with Crippen molar-refractivity contribution in [2.45, 2.75) is 38.5 Å². The molecule has 158 valence electrons. The summed E-state index contributed by atoms with van der Waals surface area (Å²) in [5, 5.41) is 3.42. The zero-order valence-electron chi connectivity index (χ0n) is 16.9. The molecule has 0 radical (unpaired) electrons. The van der Waals surface area contributed by atoms with E-state index in [1.807, 2.05) is 12.1 Å². The van der Waals surface area contributed by atoms with Crippen molar-refractivity contribution in [2.24, 2.45) is 0 Å². The number of hydrogen-bond acceptors (Lipinski definition) is 4. The van der Waals surface area contributed by atoms with Gasteiger partial charge in [0.1, 0.15) is 10.6 Å². The fraction of sp³-hybridized carbons (Fsp3) is 0.381. The molecule has 6 nitrogen and oxygen atoms in total. The third-order valence-electron chi connectivity index (χ3n) is 4.40. The Bertz CT molecular complexity index is 926. The van der Waals surface area contributed by atoms with Crippen LogP contribution in [0.15, 0.2) is 47.4 Å². The Morgan fingerprint density at radius 1 is 1.07 bits per heavy atom. The molecule has 0 bridgehead atoms. The van der Waals surface area contributed by atoms with Crippen molar-refractivity contribution in [1.82, 2.24) is 4.31 Å². The second kappa shape index (κ2) is 10.6. The van der Waals surface area contributed by atoms with Gasteiger partial charge in [-0.1, -0.05) is 37.6 Å². The van der Waals surface area contributed by atoms with E-state index in [1.165, 1.54) is 10.4 Å². The number of nitrogens with zero attached hydrogens (tertiary/aromatic N) is 1. The SMILES string of the molecule is CCOc1ccc(NC(=O)CCc2ccc(Cl)cc2)cc1S(=O)(=O)N(CC)CC. The van der Waals surface area contributed by atoms with Crippen LogP contribution in [0.25, 0.3) is 0 Å². The average molecular weight is 439 g/mol. The summed E-state index contributed by atoms with van der Waals surface area (Å²) in [6.07, 6.45) is 0.831. The van der Waals surface area contributed by atoms with E-state index in [-0.39, 0.29) is 23.0 Å². The monoisotopic (exact) mass is 438 g/mol. The molecule has 2 aromatic rings. The summed E-state index contributed by atoms with van der Waals surface area (Å²) in [7, 11) is -3.73. The largest absolute Gasteiger partial charge is 0.492 e. The Labute approximate surface area is 177 Å². The molecule has 2 aromatic carbocycles. The van der Waals surface area contributed by atoms with E-state index in [0.29, 0.717) is 36.8 Å². The molecule has 0 atom stereocenters. The highest BCUT2D eigenvalue weighted by Crippen LogP contribution is 2.30. The number of ether oxygens (including phenoxy) is 1. The second-order valence-electron chi connectivity index (χ2n) is 6.36. The Hall–Kier alpha value is -2.09. The van der Waals surface area contributed by atoms with Gasteiger partial charge in [0.2, 0.25) is 15.9 Å². The van der Waals surface area contributed by atoms with Crippen LogP contribution in [0, 0.1) is 0 Å². The van der Waals surface area contributed by atoms with Gasteiger partial charge in [-0.15, -0.1) is 0 Å². The molecular formula is C21H27ClN2O4S. The maximum absolute atomic E-state index is 13.0. The van der Waals surface area contributed by atoms with E-state index in [4.69, 9.17) is 16.3 Å². The number of nitrogens with one attached hydrogen (secondary N) is 1. The maximum atomic E-state index is 13.0. The second-order valence-corrected chi connectivity index (χ2v) is 8.70. The first-order chi connectivity index (χ1) is 13.8. The number of hydrogen-bond donors (Lipinski definition) is 1. The Balaban J connectivity index is 2.18. The van der Waals surface area contributed by atoms with Crippen LogP contribution in [0.5, 0.6) is 5.75 Å². The fourth-order valence-electron chi connectivity index (χ4n) is 2.90. The van der Waals surface area contributed by atoms with E-state index in [0.717, 1.165) is 5.56 Å². The van der Waals surface area contributed by atoms with Gasteiger partial charge in [-0.05, 0) is 49.2 Å². The normalized spacial score (nSPS) is 11.5. The highest BCUT2D eigenvalue weighted by atomic mass is 35.5. The summed E-state index contributed by atoms with van der Waals surface area (Å²) in [5.41, 5.74) is 1.42. The number of sulfonamides is 1. The molecule has 1 amide bonds. The van der Waals surface area contributed by atoms with E-state index >= 15 is 0 Å². The molecular weight excluding hydrogens is 412 g/mol. The van der Waals surface area contributed by atoms with Crippen molar-refractivity contribution in [1.29, 1.82) is 0 Å². The molecule has 0 saturated carbocycles. The molecule has 0 aromatic heterocycles. The standard InChI is InChI=1S/C21H27ClN2O4S/c1-4-24(5-2)29(26,27)20-15-18(12-13-19(20)28-6-3)23-21(25)14-9-16-7-10-17(22)11-8-16/h7-8,10-13,15H,4-6,9,14H2,1-3H3,(H,23,25). The number of amides is 1. The molecule has 0 saturated heterocycles. The minimum Gasteiger partial charge on any atom is -0.492 e. The summed E-state index contributed by atoms with van der Waals surface area (Å²) >= 11 is 5.87. The number of carbonyl (C=O) groups excluding carboxylic acids is 1. The van der Waals surface area contributed by atoms with Crippen molar-refractivity contribution < 1.29 is 17.9 Å². The Kier molecular flexibility index (Phi) is 8.49. The van der Waals surface area contributed by atoms with Crippen molar-refractivity contribution >= 4 is 33.2 Å². The summed E-state index contributed by atoms with van der Waals surface area (Å²) in [4.78, 5) is 12.4. The molecule has 1 N–H and O–H groups in total. The van der Waals surface area contributed by atoms with Gasteiger partial charge in [-0.2, -0.15) is 4.31 Å². The van der Waals surface area contributed by atoms with Crippen LogP contribution in [0.4, 0.5) is 5.69 Å². The molecule has 29 heavy (non-hydrogen) atoms. The van der Waals surface area contributed by atoms with Crippen LogP contribution >= 0.6 is 11.6 Å². The third-order valence-corrected chi connectivity index (χ3v) is 6.73. The van der Waals surface area contributed by atoms with Gasteiger partial charge >= 0.3 is 0 Å². The van der Waals surface area contributed by atoms with Gasteiger partial charge in [-0.3, -0.25) is 4.79 Å². The van der Waals surface area contributed by atoms with Gasteiger partial charge in [0.25, 0.3) is 0 Å². The molecule has 0 aliphatic heterocycles. The van der Waals surface area contributed by atoms with Crippen molar-refractivity contribution in [3.63, 3.8) is 0 Å². The number of benzene rings is 2. The Morgan fingerprint density at radius 2 is 1.72 bits per heavy atom. The summed E-state index contributed by atoms with van der Waals surface area (Å²) in [6, 6.07) is 12.0. The van der Waals surface area contributed by atoms with Crippen LogP contribution in [0.1, 0.15) is 32.8 Å². The van der Waals surface area contributed by atoms with Gasteiger partial charge in [0.05, 0.1) is 6.61 Å². The average Bonchev–Trinajstić information content (AvgIpc) is 2.69. The summed E-state index contributed by atoms with van der Waals surface area (Å²) in [6.45, 7) is 6.39. The quantitative estimate of drug-likeness (QED) is 0.598. The molecule has 8 heteroatoms. The molecule has 0 aliphatic carbocycles. The van der Waals surface area contributed by atoms with Gasteiger partial charge in [-0.25, -0.2) is 8.42 Å². The summed E-state index contributed by atoms with van der Waals surface area (Å²) < 4.78 is 32.8. The van der Waals surface area contributed by atoms with Crippen LogP contribution in [-0.4, -0.2) is 38.3 Å². The lowest BCUT2D eigenvalue weighted by Crippen LogP contribution is -2.31. The van der Waals surface area contributed by atoms with Crippen molar-refractivity contribution in [3.8, 4) is 5.75 Å². The predicted molar refractivity (Wildman–Crippen MR) is 116 cm³/mol. The first-order valence-electron chi connectivity index (χ1n) is 9.63. The molecule has 0 heterocycles. The lowest BCUT2D eigenvalue weighted by molar-refractivity contribution is -0.116. The first kappa shape index (κ1) is 23.2. The van der Waals surface area contributed by atoms with Gasteiger partial charge < -0.3 is 10.1 Å². The van der Waals surface area contributed by atoms with Crippen LogP contribution in [-0.2, 0) is 21.2 Å². The van der Waals surface area contributed by atoms with E-state index < -0.39 is 10.0 Å². The zero-order chi connectivity index (χ0) is 21.4. The molecule has 0 spiro atoms. The molecule has 0 unspecified atom stereocenters. The number of rotatable bonds is 10. The molecule has 2 rings (SSSR count). The maximum Gasteiger partial charge on any atom is 0.246 e. The fourth-order valence-corrected chi connectivity index (χ4v) is 4.64. The lowest BCUT2D eigenvalue weighted by Gasteiger charge is -2.21. The minimum atomic E-state index is -3.73. The van der Waals surface area contributed by atoms with Crippen molar-refractivity contribution in [3.05, 3.63) is 53.1 Å². The van der Waals surface area contributed by atoms with Crippen molar-refractivity contribution in [2.75, 3.05) is 25.0 Å². The zero-order valence-corrected chi connectivity index (χ0v) is 18.5. The lowest BCUT2D eigenvalue weighted by atomic mass is 10.1. The van der Waals surface area contributed by atoms with E-state index in [1.54, 1.807) is 45.0 Å². The highest BCUT2D eigenvalue weighted by Gasteiger charge is 2.26. The van der Waals surface area contributed by atoms with Gasteiger partial charge in [0.15, 0.2) is 0 Å². The third kappa shape index (κ3) is 6.19. The van der Waals surface area contributed by atoms with E-state index in [2.05, 4.69) is 5.32 Å². The number of halogens is 1. The van der Waals surface area contributed by atoms with E-state index in [9.17, 15) is 13.2 Å². The predicted octanol–water partition coefficient (Wildman–Crippen LogP) is 4.34. The topological polar surface area (TPSA) is 75.7 Å². The number of aryl methyl sites for hydroxylation is 1. The smallest absolute Gasteiger partial charge is 0.246 e. The Morgan fingerprint density at radius 3 is 2.31 bits per heavy atom. The highest BCUT2D eigenvalue weighted by molar-refractivity contribution is 7.89. The van der Waals surface area contributed by atoms with Gasteiger partial charge in [0, 0.05) is 30.2 Å². The molecule has 0 aliphatic rings. The number of carbonyl (C=O) groups is 1. The number of anilines is 1. The summed E-state index contributed by atoms with van der Waals surface area (Å²) in [5.74, 6) is 0.0776. The first-order valence-corrected chi connectivity index (χ1v) is 11.4. The molecule has 0 fully saturated rings. The van der Waals surface area contributed by atoms with Crippen LogP contribution in [0.2, 0.25) is 5.02 Å². The minimum absolute atomic E-state index is 0.0542. The van der Waals surface area contributed by atoms with Crippen LogP contribution < -0.4 is 10.1 Å². The van der Waals surface area contributed by atoms with Crippen LogP contribution in [0.3, 0.4) is 0 Å².